The van der Waals surface area contributed by atoms with Crippen molar-refractivity contribution in [1.82, 2.24) is 5.32 Å². The van der Waals surface area contributed by atoms with Gasteiger partial charge in [0, 0.05) is 25.3 Å². The van der Waals surface area contributed by atoms with Gasteiger partial charge in [0.05, 0.1) is 12.7 Å². The van der Waals surface area contributed by atoms with E-state index >= 15 is 0 Å². The molecule has 7 nitrogen and oxygen atoms in total. The molecule has 22 heavy (non-hydrogen) atoms. The van der Waals surface area contributed by atoms with Crippen LogP contribution in [0.5, 0.6) is 0 Å². The number of unbranched alkanes of at least 4 members (excludes halogenated alkanes) is 1. The quantitative estimate of drug-likeness (QED) is 0.419. The minimum absolute atomic E-state index is 0.0354. The summed E-state index contributed by atoms with van der Waals surface area (Å²) < 4.78 is 20.8. The third-order valence-electron chi connectivity index (χ3n) is 2.74. The standard InChI is InChI=1S/C14H28NO6P/c1-11(2)13(16)7-5-6-8-14(17)15-9-10-20-22(18,19)21-12(3)4/h11-12H,5-10H2,1-4H3,(H,15,17)(H,18,19). The van der Waals surface area contributed by atoms with Gasteiger partial charge in [-0.05, 0) is 26.7 Å². The van der Waals surface area contributed by atoms with E-state index < -0.39 is 13.9 Å². The van der Waals surface area contributed by atoms with E-state index in [1.165, 1.54) is 0 Å². The molecule has 0 bridgehead atoms. The van der Waals surface area contributed by atoms with Crippen molar-refractivity contribution < 1.29 is 28.1 Å². The van der Waals surface area contributed by atoms with Crippen LogP contribution in [-0.2, 0) is 23.2 Å². The van der Waals surface area contributed by atoms with Gasteiger partial charge in [-0.2, -0.15) is 0 Å². The van der Waals surface area contributed by atoms with Crippen molar-refractivity contribution in [2.24, 2.45) is 5.92 Å². The molecule has 1 amide bonds. The van der Waals surface area contributed by atoms with E-state index in [2.05, 4.69) is 5.32 Å². The number of hydrogen-bond acceptors (Lipinski definition) is 5. The normalized spacial score (nSPS) is 14.1. The highest BCUT2D eigenvalue weighted by atomic mass is 31.2. The molecular formula is C14H28NO6P. The number of carbonyl (C=O) groups is 2. The first-order valence-corrected chi connectivity index (χ1v) is 9.08. The maximum Gasteiger partial charge on any atom is 0.472 e. The molecule has 0 aromatic carbocycles. The lowest BCUT2D eigenvalue weighted by Gasteiger charge is -2.14. The topological polar surface area (TPSA) is 102 Å². The number of phosphoric acid groups is 1. The third-order valence-corrected chi connectivity index (χ3v) is 3.94. The Kier molecular flexibility index (Phi) is 10.5. The first-order chi connectivity index (χ1) is 10.1. The molecule has 8 heteroatoms. The lowest BCUT2D eigenvalue weighted by Crippen LogP contribution is -2.26. The molecule has 0 aromatic rings. The molecular weight excluding hydrogens is 309 g/mol. The zero-order valence-electron chi connectivity index (χ0n) is 13.8. The molecule has 0 saturated carbocycles. The van der Waals surface area contributed by atoms with E-state index in [0.717, 1.165) is 0 Å². The molecule has 0 fully saturated rings. The lowest BCUT2D eigenvalue weighted by atomic mass is 10.0. The summed E-state index contributed by atoms with van der Waals surface area (Å²) in [6.07, 6.45) is 1.73. The van der Waals surface area contributed by atoms with Crippen LogP contribution < -0.4 is 5.32 Å². The molecule has 0 spiro atoms. The number of rotatable bonds is 12. The third kappa shape index (κ3) is 11.9. The van der Waals surface area contributed by atoms with Crippen LogP contribution in [0.2, 0.25) is 0 Å². The van der Waals surface area contributed by atoms with Crippen LogP contribution >= 0.6 is 7.82 Å². The first kappa shape index (κ1) is 21.2. The fourth-order valence-corrected chi connectivity index (χ4v) is 2.53. The molecule has 2 N–H and O–H groups in total. The Morgan fingerprint density at radius 3 is 2.27 bits per heavy atom. The molecule has 0 aliphatic rings. The second-order valence-corrected chi connectivity index (χ2v) is 7.04. The molecule has 0 radical (unpaired) electrons. The second kappa shape index (κ2) is 10.9. The van der Waals surface area contributed by atoms with Gasteiger partial charge < -0.3 is 10.2 Å². The average molecular weight is 337 g/mol. The number of nitrogens with one attached hydrogen (secondary N) is 1. The summed E-state index contributed by atoms with van der Waals surface area (Å²) >= 11 is 0. The van der Waals surface area contributed by atoms with E-state index in [1.54, 1.807) is 13.8 Å². The van der Waals surface area contributed by atoms with Crippen LogP contribution in [0.25, 0.3) is 0 Å². The van der Waals surface area contributed by atoms with E-state index in [1.807, 2.05) is 13.8 Å². The van der Waals surface area contributed by atoms with Crippen molar-refractivity contribution in [3.8, 4) is 0 Å². The summed E-state index contributed by atoms with van der Waals surface area (Å²) in [5.74, 6) is 0.0732. The van der Waals surface area contributed by atoms with Crippen LogP contribution in [-0.4, -0.2) is 35.8 Å². The Balaban J connectivity index is 3.66. The lowest BCUT2D eigenvalue weighted by molar-refractivity contribution is -0.123. The molecule has 0 aromatic heterocycles. The second-order valence-electron chi connectivity index (χ2n) is 5.63. The van der Waals surface area contributed by atoms with Gasteiger partial charge in [-0.15, -0.1) is 0 Å². The van der Waals surface area contributed by atoms with E-state index in [-0.39, 0.29) is 30.8 Å². The summed E-state index contributed by atoms with van der Waals surface area (Å²) in [7, 11) is -4.04. The SMILES string of the molecule is CC(C)OP(=O)(O)OCCNC(=O)CCCCC(=O)C(C)C. The Bertz CT molecular complexity index is 397. The Morgan fingerprint density at radius 1 is 1.14 bits per heavy atom. The van der Waals surface area contributed by atoms with Crippen molar-refractivity contribution in [1.29, 1.82) is 0 Å². The van der Waals surface area contributed by atoms with E-state index in [4.69, 9.17) is 9.05 Å². The smallest absolute Gasteiger partial charge is 0.354 e. The van der Waals surface area contributed by atoms with Gasteiger partial charge in [0.1, 0.15) is 5.78 Å². The van der Waals surface area contributed by atoms with Crippen molar-refractivity contribution in [3.05, 3.63) is 0 Å². The summed E-state index contributed by atoms with van der Waals surface area (Å²) in [5, 5.41) is 2.58. The molecule has 0 aliphatic carbocycles. The van der Waals surface area contributed by atoms with Gasteiger partial charge >= 0.3 is 7.82 Å². The molecule has 0 heterocycles. The van der Waals surface area contributed by atoms with Gasteiger partial charge in [-0.1, -0.05) is 13.8 Å². The zero-order valence-corrected chi connectivity index (χ0v) is 14.7. The van der Waals surface area contributed by atoms with Gasteiger partial charge in [0.2, 0.25) is 5.91 Å². The number of carbonyl (C=O) groups excluding carboxylic acids is 2. The Labute approximate surface area is 132 Å². The Hall–Kier alpha value is -0.750. The van der Waals surface area contributed by atoms with Gasteiger partial charge in [0.25, 0.3) is 0 Å². The Morgan fingerprint density at radius 2 is 1.73 bits per heavy atom. The first-order valence-electron chi connectivity index (χ1n) is 7.59. The maximum atomic E-state index is 11.5. The van der Waals surface area contributed by atoms with Crippen LogP contribution in [0.15, 0.2) is 0 Å². The van der Waals surface area contributed by atoms with Crippen molar-refractivity contribution >= 4 is 19.5 Å². The number of phosphoric ester groups is 1. The van der Waals surface area contributed by atoms with Crippen LogP contribution in [0.3, 0.4) is 0 Å². The number of ketones is 1. The molecule has 130 valence electrons. The van der Waals surface area contributed by atoms with Gasteiger partial charge in [-0.25, -0.2) is 4.57 Å². The summed E-state index contributed by atoms with van der Waals surface area (Å²) in [4.78, 5) is 32.2. The fraction of sp³-hybridized carbons (Fsp3) is 0.857. The van der Waals surface area contributed by atoms with E-state index in [0.29, 0.717) is 25.7 Å². The summed E-state index contributed by atoms with van der Waals surface area (Å²) in [6, 6.07) is 0. The molecule has 1 unspecified atom stereocenters. The predicted octanol–water partition coefficient (Wildman–Crippen LogP) is 2.43. The monoisotopic (exact) mass is 337 g/mol. The number of Topliss-reactive ketones (excluding diaryl/α,β-unsaturated/α-hetero) is 1. The molecule has 0 saturated heterocycles. The zero-order chi connectivity index (χ0) is 17.2. The molecule has 0 aliphatic heterocycles. The number of hydrogen-bond donors (Lipinski definition) is 2. The van der Waals surface area contributed by atoms with Crippen molar-refractivity contribution in [2.75, 3.05) is 13.2 Å². The predicted molar refractivity (Wildman–Crippen MR) is 83.3 cm³/mol. The fourth-order valence-electron chi connectivity index (χ4n) is 1.61. The number of amides is 1. The summed E-state index contributed by atoms with van der Waals surface area (Å²) in [5.41, 5.74) is 0. The highest BCUT2D eigenvalue weighted by Gasteiger charge is 2.22. The van der Waals surface area contributed by atoms with Gasteiger partial charge in [0.15, 0.2) is 0 Å². The van der Waals surface area contributed by atoms with Gasteiger partial charge in [-0.3, -0.25) is 18.6 Å². The minimum atomic E-state index is -4.04. The highest BCUT2D eigenvalue weighted by Crippen LogP contribution is 2.44. The minimum Gasteiger partial charge on any atom is -0.354 e. The van der Waals surface area contributed by atoms with Crippen LogP contribution in [0, 0.1) is 5.92 Å². The van der Waals surface area contributed by atoms with E-state index in [9.17, 15) is 19.0 Å². The maximum absolute atomic E-state index is 11.5. The van der Waals surface area contributed by atoms with Crippen LogP contribution in [0.4, 0.5) is 0 Å². The largest absolute Gasteiger partial charge is 0.472 e. The summed E-state index contributed by atoms with van der Waals surface area (Å²) in [6.45, 7) is 7.00. The highest BCUT2D eigenvalue weighted by molar-refractivity contribution is 7.47. The molecule has 1 atom stereocenters. The molecule has 0 rings (SSSR count). The average Bonchev–Trinajstić information content (AvgIpc) is 2.37. The van der Waals surface area contributed by atoms with Crippen molar-refractivity contribution in [2.45, 2.75) is 59.5 Å². The van der Waals surface area contributed by atoms with Crippen LogP contribution in [0.1, 0.15) is 53.4 Å². The van der Waals surface area contributed by atoms with Crippen molar-refractivity contribution in [3.63, 3.8) is 0 Å².